The van der Waals surface area contributed by atoms with Crippen LogP contribution in [0.15, 0.2) is 18.2 Å². The lowest BCUT2D eigenvalue weighted by atomic mass is 10.1. The van der Waals surface area contributed by atoms with Crippen molar-refractivity contribution in [1.82, 2.24) is 9.80 Å². The number of aryl methyl sites for hydroxylation is 1. The molecule has 0 bridgehead atoms. The van der Waals surface area contributed by atoms with Crippen molar-refractivity contribution in [3.8, 4) is 5.75 Å². The van der Waals surface area contributed by atoms with Gasteiger partial charge in [0.1, 0.15) is 5.75 Å². The molecule has 1 aromatic carbocycles. The zero-order valence-corrected chi connectivity index (χ0v) is 13.3. The van der Waals surface area contributed by atoms with Crippen LogP contribution in [0, 0.1) is 6.92 Å². The first-order chi connectivity index (χ1) is 9.99. The average Bonchev–Trinajstić information content (AvgIpc) is 3.00. The van der Waals surface area contributed by atoms with Crippen LogP contribution in [-0.4, -0.2) is 54.0 Å². The summed E-state index contributed by atoms with van der Waals surface area (Å²) in [7, 11) is 3.97. The first-order valence-corrected chi connectivity index (χ1v) is 7.74. The minimum Gasteiger partial charge on any atom is -0.508 e. The highest BCUT2D eigenvalue weighted by atomic mass is 16.3. The fraction of sp³-hybridized carbons (Fsp3) is 0.588. The predicted molar refractivity (Wildman–Crippen MR) is 84.7 cm³/mol. The number of amides is 1. The predicted octanol–water partition coefficient (Wildman–Crippen LogP) is 2.65. The molecule has 0 aliphatic heterocycles. The molecule has 1 amide bonds. The number of phenols is 1. The van der Waals surface area contributed by atoms with Gasteiger partial charge in [-0.25, -0.2) is 0 Å². The van der Waals surface area contributed by atoms with Crippen LogP contribution in [0.3, 0.4) is 0 Å². The second-order valence-corrected chi connectivity index (χ2v) is 6.15. The number of carbonyl (C=O) groups is 1. The Balaban J connectivity index is 1.88. The minimum atomic E-state index is -0.0369. The third kappa shape index (κ3) is 3.97. The number of hydrogen-bond donors (Lipinski definition) is 1. The van der Waals surface area contributed by atoms with E-state index in [1.165, 1.54) is 25.7 Å². The Kier molecular flexibility index (Phi) is 5.23. The summed E-state index contributed by atoms with van der Waals surface area (Å²) in [6.07, 6.45) is 5.21. The zero-order chi connectivity index (χ0) is 15.4. The number of carbonyl (C=O) groups excluding carboxylic acids is 1. The summed E-state index contributed by atoms with van der Waals surface area (Å²) in [6, 6.07) is 5.78. The number of benzene rings is 1. The van der Waals surface area contributed by atoms with Gasteiger partial charge in [0.2, 0.25) is 0 Å². The fourth-order valence-corrected chi connectivity index (χ4v) is 2.90. The molecule has 1 saturated carbocycles. The SMILES string of the molecule is Cc1ccc(C(=O)N(C)CCN(C)C2CCCC2)cc1O. The number of rotatable bonds is 5. The van der Waals surface area contributed by atoms with Gasteiger partial charge in [0.15, 0.2) is 0 Å². The van der Waals surface area contributed by atoms with Gasteiger partial charge in [-0.1, -0.05) is 18.9 Å². The summed E-state index contributed by atoms with van der Waals surface area (Å²) < 4.78 is 0. The van der Waals surface area contributed by atoms with Crippen molar-refractivity contribution in [3.63, 3.8) is 0 Å². The molecular formula is C17H26N2O2. The van der Waals surface area contributed by atoms with Gasteiger partial charge in [-0.3, -0.25) is 4.79 Å². The molecule has 0 saturated heterocycles. The van der Waals surface area contributed by atoms with Gasteiger partial charge in [0.25, 0.3) is 5.91 Å². The summed E-state index contributed by atoms with van der Waals surface area (Å²) in [5.41, 5.74) is 1.33. The highest BCUT2D eigenvalue weighted by Crippen LogP contribution is 2.22. The molecule has 1 aliphatic rings. The Morgan fingerprint density at radius 1 is 1.24 bits per heavy atom. The van der Waals surface area contributed by atoms with Crippen molar-refractivity contribution in [2.75, 3.05) is 27.2 Å². The lowest BCUT2D eigenvalue weighted by Gasteiger charge is -2.27. The lowest BCUT2D eigenvalue weighted by molar-refractivity contribution is 0.0774. The van der Waals surface area contributed by atoms with E-state index < -0.39 is 0 Å². The average molecular weight is 290 g/mol. The molecule has 0 atom stereocenters. The smallest absolute Gasteiger partial charge is 0.253 e. The molecule has 0 unspecified atom stereocenters. The molecule has 4 nitrogen and oxygen atoms in total. The van der Waals surface area contributed by atoms with Crippen molar-refractivity contribution >= 4 is 5.91 Å². The topological polar surface area (TPSA) is 43.8 Å². The molecule has 0 spiro atoms. The maximum atomic E-state index is 12.3. The molecule has 0 radical (unpaired) electrons. The summed E-state index contributed by atoms with van der Waals surface area (Å²) >= 11 is 0. The minimum absolute atomic E-state index is 0.0369. The van der Waals surface area contributed by atoms with E-state index in [0.717, 1.165) is 12.1 Å². The summed E-state index contributed by atoms with van der Waals surface area (Å²) in [6.45, 7) is 3.43. The highest BCUT2D eigenvalue weighted by Gasteiger charge is 2.20. The van der Waals surface area contributed by atoms with Crippen LogP contribution in [0.5, 0.6) is 5.75 Å². The second-order valence-electron chi connectivity index (χ2n) is 6.15. The van der Waals surface area contributed by atoms with E-state index >= 15 is 0 Å². The van der Waals surface area contributed by atoms with E-state index in [1.54, 1.807) is 23.1 Å². The molecule has 0 aromatic heterocycles. The quantitative estimate of drug-likeness (QED) is 0.906. The summed E-state index contributed by atoms with van der Waals surface area (Å²) in [5.74, 6) is 0.141. The number of hydrogen-bond acceptors (Lipinski definition) is 3. The molecule has 1 N–H and O–H groups in total. The third-order valence-corrected chi connectivity index (χ3v) is 4.54. The molecule has 1 fully saturated rings. The molecule has 2 rings (SSSR count). The van der Waals surface area contributed by atoms with E-state index in [9.17, 15) is 9.90 Å². The standard InChI is InChI=1S/C17H26N2O2/c1-13-8-9-14(12-16(13)20)17(21)19(3)11-10-18(2)15-6-4-5-7-15/h8-9,12,15,20H,4-7,10-11H2,1-3H3. The van der Waals surface area contributed by atoms with E-state index in [1.807, 2.05) is 14.0 Å². The normalized spacial score (nSPS) is 15.6. The largest absolute Gasteiger partial charge is 0.508 e. The first-order valence-electron chi connectivity index (χ1n) is 7.74. The Labute approximate surface area is 127 Å². The molecule has 116 valence electrons. The maximum Gasteiger partial charge on any atom is 0.253 e. The van der Waals surface area contributed by atoms with Gasteiger partial charge in [-0.2, -0.15) is 0 Å². The van der Waals surface area contributed by atoms with Crippen molar-refractivity contribution in [2.45, 2.75) is 38.6 Å². The van der Waals surface area contributed by atoms with Crippen LogP contribution in [0.4, 0.5) is 0 Å². The van der Waals surface area contributed by atoms with Crippen LogP contribution in [-0.2, 0) is 0 Å². The van der Waals surface area contributed by atoms with Gasteiger partial charge in [0.05, 0.1) is 0 Å². The first kappa shape index (κ1) is 15.8. The van der Waals surface area contributed by atoms with Crippen LogP contribution >= 0.6 is 0 Å². The Hall–Kier alpha value is -1.55. The molecule has 1 aromatic rings. The maximum absolute atomic E-state index is 12.3. The van der Waals surface area contributed by atoms with Gasteiger partial charge < -0.3 is 14.9 Å². The molecule has 21 heavy (non-hydrogen) atoms. The Morgan fingerprint density at radius 3 is 2.52 bits per heavy atom. The number of aromatic hydroxyl groups is 1. The van der Waals surface area contributed by atoms with Gasteiger partial charge >= 0.3 is 0 Å². The van der Waals surface area contributed by atoms with E-state index in [-0.39, 0.29) is 11.7 Å². The van der Waals surface area contributed by atoms with Crippen molar-refractivity contribution in [3.05, 3.63) is 29.3 Å². The molecule has 1 aliphatic carbocycles. The van der Waals surface area contributed by atoms with Crippen molar-refractivity contribution in [1.29, 1.82) is 0 Å². The van der Waals surface area contributed by atoms with Crippen molar-refractivity contribution in [2.24, 2.45) is 0 Å². The van der Waals surface area contributed by atoms with E-state index in [2.05, 4.69) is 11.9 Å². The molecular weight excluding hydrogens is 264 g/mol. The Bertz CT molecular complexity index is 496. The number of phenolic OH excluding ortho intramolecular Hbond substituents is 1. The molecule has 4 heteroatoms. The molecule has 0 heterocycles. The fourth-order valence-electron chi connectivity index (χ4n) is 2.90. The van der Waals surface area contributed by atoms with E-state index in [4.69, 9.17) is 0 Å². The van der Waals surface area contributed by atoms with Crippen LogP contribution < -0.4 is 0 Å². The number of likely N-dealkylation sites (N-methyl/N-ethyl adjacent to an activating group) is 2. The van der Waals surface area contributed by atoms with Gasteiger partial charge in [-0.05, 0) is 44.5 Å². The van der Waals surface area contributed by atoms with Crippen LogP contribution in [0.1, 0.15) is 41.6 Å². The third-order valence-electron chi connectivity index (χ3n) is 4.54. The number of nitrogens with zero attached hydrogens (tertiary/aromatic N) is 2. The monoisotopic (exact) mass is 290 g/mol. The lowest BCUT2D eigenvalue weighted by Crippen LogP contribution is -2.38. The van der Waals surface area contributed by atoms with E-state index in [0.29, 0.717) is 18.2 Å². The zero-order valence-electron chi connectivity index (χ0n) is 13.3. The second kappa shape index (κ2) is 6.94. The van der Waals surface area contributed by atoms with Crippen LogP contribution in [0.25, 0.3) is 0 Å². The van der Waals surface area contributed by atoms with Gasteiger partial charge in [0, 0.05) is 31.7 Å². The van der Waals surface area contributed by atoms with Crippen LogP contribution in [0.2, 0.25) is 0 Å². The van der Waals surface area contributed by atoms with Gasteiger partial charge in [-0.15, -0.1) is 0 Å². The highest BCUT2D eigenvalue weighted by molar-refractivity contribution is 5.94. The Morgan fingerprint density at radius 2 is 1.90 bits per heavy atom. The van der Waals surface area contributed by atoms with Crippen molar-refractivity contribution < 1.29 is 9.90 Å². The summed E-state index contributed by atoms with van der Waals surface area (Å²) in [5, 5.41) is 9.71. The summed E-state index contributed by atoms with van der Waals surface area (Å²) in [4.78, 5) is 16.4.